The van der Waals surface area contributed by atoms with Gasteiger partial charge in [0.1, 0.15) is 5.15 Å². The number of aromatic nitrogens is 2. The molecule has 1 aromatic carbocycles. The van der Waals surface area contributed by atoms with Crippen molar-refractivity contribution in [2.45, 2.75) is 13.0 Å². The van der Waals surface area contributed by atoms with Crippen molar-refractivity contribution in [2.75, 3.05) is 20.6 Å². The number of hydrogen-bond acceptors (Lipinski definition) is 3. The molecule has 2 amide bonds. The molecule has 1 aromatic heterocycles. The third kappa shape index (κ3) is 3.12. The summed E-state index contributed by atoms with van der Waals surface area (Å²) in [6.07, 6.45) is 3.75. The Bertz CT molecular complexity index is 789. The van der Waals surface area contributed by atoms with Gasteiger partial charge >= 0.3 is 6.03 Å². The van der Waals surface area contributed by atoms with E-state index in [1.54, 1.807) is 25.2 Å². The number of carbonyl (C=O) groups excluding carboxylic acids is 1. The lowest BCUT2D eigenvalue weighted by molar-refractivity contribution is 0.170. The summed E-state index contributed by atoms with van der Waals surface area (Å²) in [5.74, 6) is 0.570. The highest BCUT2D eigenvalue weighted by atomic mass is 35.5. The van der Waals surface area contributed by atoms with Crippen LogP contribution in [0.2, 0.25) is 5.15 Å². The number of urea groups is 1. The highest BCUT2D eigenvalue weighted by Gasteiger charge is 2.32. The number of nitrogens with zero attached hydrogens (tertiary/aromatic N) is 4. The Morgan fingerprint density at radius 1 is 1.29 bits per heavy atom. The first kappa shape index (κ1) is 16.5. The minimum atomic E-state index is -0.139. The van der Waals surface area contributed by atoms with Gasteiger partial charge in [0.15, 0.2) is 5.82 Å². The zero-order valence-corrected chi connectivity index (χ0v) is 14.7. The van der Waals surface area contributed by atoms with Crippen LogP contribution in [0.4, 0.5) is 4.79 Å². The van der Waals surface area contributed by atoms with E-state index in [9.17, 15) is 4.79 Å². The minimum Gasteiger partial charge on any atom is -0.331 e. The summed E-state index contributed by atoms with van der Waals surface area (Å²) in [6, 6.07) is 9.75. The summed E-state index contributed by atoms with van der Waals surface area (Å²) >= 11 is 6.13. The second-order valence-corrected chi connectivity index (χ2v) is 6.38. The number of amides is 2. The highest BCUT2D eigenvalue weighted by Crippen LogP contribution is 2.34. The average molecular weight is 343 g/mol. The molecule has 0 aliphatic carbocycles. The molecule has 1 atom stereocenters. The summed E-state index contributed by atoms with van der Waals surface area (Å²) in [6.45, 7) is 2.32. The monoisotopic (exact) mass is 342 g/mol. The van der Waals surface area contributed by atoms with Crippen LogP contribution in [0.3, 0.4) is 0 Å². The van der Waals surface area contributed by atoms with E-state index in [1.165, 1.54) is 0 Å². The van der Waals surface area contributed by atoms with Crippen LogP contribution in [-0.4, -0.2) is 46.4 Å². The van der Waals surface area contributed by atoms with Crippen molar-refractivity contribution >= 4 is 23.2 Å². The standard InChI is InChI=1S/C18H19ClN4O/c1-12-10-20-17(21-16(12)19)14-9-15(13-7-5-4-6-8-13)23(11-14)18(24)22(2)3/h4-10,15H,11H2,1-3H3/t15-/m0/s1. The quantitative estimate of drug-likeness (QED) is 0.784. The molecule has 0 spiro atoms. The molecule has 2 heterocycles. The summed E-state index contributed by atoms with van der Waals surface area (Å²) < 4.78 is 0. The third-order valence-corrected chi connectivity index (χ3v) is 4.38. The lowest BCUT2D eigenvalue weighted by Gasteiger charge is -2.28. The maximum absolute atomic E-state index is 12.6. The van der Waals surface area contributed by atoms with Crippen molar-refractivity contribution in [3.63, 3.8) is 0 Å². The van der Waals surface area contributed by atoms with Gasteiger partial charge in [0.2, 0.25) is 0 Å². The molecule has 0 unspecified atom stereocenters. The van der Waals surface area contributed by atoms with E-state index in [1.807, 2.05) is 48.2 Å². The van der Waals surface area contributed by atoms with Crippen molar-refractivity contribution in [2.24, 2.45) is 0 Å². The van der Waals surface area contributed by atoms with E-state index in [0.29, 0.717) is 17.5 Å². The molecule has 0 bridgehead atoms. The predicted molar refractivity (Wildman–Crippen MR) is 94.7 cm³/mol. The summed E-state index contributed by atoms with van der Waals surface area (Å²) in [5, 5.41) is 0.439. The van der Waals surface area contributed by atoms with Crippen molar-refractivity contribution < 1.29 is 4.79 Å². The number of aryl methyl sites for hydroxylation is 1. The van der Waals surface area contributed by atoms with Crippen LogP contribution in [-0.2, 0) is 0 Å². The van der Waals surface area contributed by atoms with Gasteiger partial charge in [0.05, 0.1) is 12.6 Å². The molecular weight excluding hydrogens is 324 g/mol. The van der Waals surface area contributed by atoms with Gasteiger partial charge in [-0.05, 0) is 18.6 Å². The van der Waals surface area contributed by atoms with E-state index in [2.05, 4.69) is 9.97 Å². The lowest BCUT2D eigenvalue weighted by Crippen LogP contribution is -2.39. The van der Waals surface area contributed by atoms with E-state index in [-0.39, 0.29) is 12.1 Å². The zero-order chi connectivity index (χ0) is 17.3. The maximum atomic E-state index is 12.6. The van der Waals surface area contributed by atoms with Gasteiger partial charge in [0.25, 0.3) is 0 Å². The molecule has 2 aromatic rings. The summed E-state index contributed by atoms with van der Waals surface area (Å²) in [4.78, 5) is 24.7. The Hall–Kier alpha value is -2.40. The Labute approximate surface area is 146 Å². The van der Waals surface area contributed by atoms with Crippen LogP contribution < -0.4 is 0 Å². The molecule has 1 aliphatic rings. The Morgan fingerprint density at radius 3 is 2.62 bits per heavy atom. The van der Waals surface area contributed by atoms with Crippen molar-refractivity contribution in [3.8, 4) is 0 Å². The molecule has 6 heteroatoms. The van der Waals surface area contributed by atoms with E-state index >= 15 is 0 Å². The number of rotatable bonds is 2. The lowest BCUT2D eigenvalue weighted by atomic mass is 10.1. The normalized spacial score (nSPS) is 16.9. The fourth-order valence-corrected chi connectivity index (χ4v) is 2.84. The van der Waals surface area contributed by atoms with Crippen LogP contribution in [0, 0.1) is 6.92 Å². The van der Waals surface area contributed by atoms with Gasteiger partial charge in [-0.25, -0.2) is 14.8 Å². The second kappa shape index (κ2) is 6.61. The largest absolute Gasteiger partial charge is 0.331 e. The molecule has 0 N–H and O–H groups in total. The van der Waals surface area contributed by atoms with Crippen LogP contribution >= 0.6 is 11.6 Å². The van der Waals surface area contributed by atoms with Crippen LogP contribution in [0.5, 0.6) is 0 Å². The molecule has 5 nitrogen and oxygen atoms in total. The van der Waals surface area contributed by atoms with Gasteiger partial charge in [-0.15, -0.1) is 0 Å². The fourth-order valence-electron chi connectivity index (χ4n) is 2.71. The van der Waals surface area contributed by atoms with Gasteiger partial charge in [-0.1, -0.05) is 41.9 Å². The highest BCUT2D eigenvalue weighted by molar-refractivity contribution is 6.30. The Balaban J connectivity index is 1.99. The molecule has 0 saturated heterocycles. The van der Waals surface area contributed by atoms with Crippen LogP contribution in [0.25, 0.3) is 5.57 Å². The molecule has 1 aliphatic heterocycles. The first-order chi connectivity index (χ1) is 11.5. The summed E-state index contributed by atoms with van der Waals surface area (Å²) in [5.41, 5.74) is 2.79. The Morgan fingerprint density at radius 2 is 2.00 bits per heavy atom. The topological polar surface area (TPSA) is 49.3 Å². The molecule has 0 fully saturated rings. The van der Waals surface area contributed by atoms with E-state index in [4.69, 9.17) is 11.6 Å². The molecule has 0 saturated carbocycles. The third-order valence-electron chi connectivity index (χ3n) is 4.00. The van der Waals surface area contributed by atoms with Crippen LogP contribution in [0.1, 0.15) is 23.0 Å². The molecule has 3 rings (SSSR count). The first-order valence-electron chi connectivity index (χ1n) is 7.70. The zero-order valence-electron chi connectivity index (χ0n) is 13.9. The van der Waals surface area contributed by atoms with Gasteiger partial charge in [-0.3, -0.25) is 0 Å². The second-order valence-electron chi connectivity index (χ2n) is 6.02. The Kier molecular flexibility index (Phi) is 4.53. The van der Waals surface area contributed by atoms with Crippen molar-refractivity contribution in [1.29, 1.82) is 0 Å². The molecule has 124 valence electrons. The van der Waals surface area contributed by atoms with E-state index < -0.39 is 0 Å². The number of benzene rings is 1. The van der Waals surface area contributed by atoms with Crippen LogP contribution in [0.15, 0.2) is 42.6 Å². The molecule has 24 heavy (non-hydrogen) atoms. The van der Waals surface area contributed by atoms with Gasteiger partial charge < -0.3 is 9.80 Å². The SMILES string of the molecule is Cc1cnc(C2=C[C@@H](c3ccccc3)N(C(=O)N(C)C)C2)nc1Cl. The summed E-state index contributed by atoms with van der Waals surface area (Å²) in [7, 11) is 3.50. The van der Waals surface area contributed by atoms with Gasteiger partial charge in [0, 0.05) is 31.4 Å². The smallest absolute Gasteiger partial charge is 0.320 e. The predicted octanol–water partition coefficient (Wildman–Crippen LogP) is 3.56. The fraction of sp³-hybridized carbons (Fsp3) is 0.278. The van der Waals surface area contributed by atoms with Gasteiger partial charge in [-0.2, -0.15) is 0 Å². The first-order valence-corrected chi connectivity index (χ1v) is 8.08. The number of hydrogen-bond donors (Lipinski definition) is 0. The molecular formula is C18H19ClN4O. The molecule has 0 radical (unpaired) electrons. The maximum Gasteiger partial charge on any atom is 0.320 e. The number of carbonyl (C=O) groups is 1. The van der Waals surface area contributed by atoms with E-state index in [0.717, 1.165) is 16.7 Å². The van der Waals surface area contributed by atoms with Crippen molar-refractivity contribution in [3.05, 3.63) is 64.7 Å². The number of halogens is 1. The minimum absolute atomic E-state index is 0.0479. The van der Waals surface area contributed by atoms with Crippen molar-refractivity contribution in [1.82, 2.24) is 19.8 Å². The average Bonchev–Trinajstić information content (AvgIpc) is 3.02.